The van der Waals surface area contributed by atoms with E-state index in [9.17, 15) is 9.59 Å². The first-order valence-electron chi connectivity index (χ1n) is 9.03. The third kappa shape index (κ3) is 3.70. The fourth-order valence-corrected chi connectivity index (χ4v) is 3.70. The molecule has 134 valence electrons. The Morgan fingerprint density at radius 2 is 1.84 bits per heavy atom. The first kappa shape index (κ1) is 17.5. The first-order chi connectivity index (χ1) is 12.0. The van der Waals surface area contributed by atoms with Crippen LogP contribution in [0.2, 0.25) is 0 Å². The second-order valence-corrected chi connectivity index (χ2v) is 7.23. The van der Waals surface area contributed by atoms with Crippen molar-refractivity contribution in [2.75, 3.05) is 13.1 Å². The molecule has 0 unspecified atom stereocenters. The lowest BCUT2D eigenvalue weighted by molar-refractivity contribution is 0.144. The Morgan fingerprint density at radius 3 is 2.40 bits per heavy atom. The molecule has 5 heteroatoms. The molecule has 0 saturated carbocycles. The molecule has 2 aromatic rings. The summed E-state index contributed by atoms with van der Waals surface area (Å²) in [6.07, 6.45) is 3.00. The zero-order valence-corrected chi connectivity index (χ0v) is 15.2. The molecule has 1 saturated heterocycles. The molecule has 0 bridgehead atoms. The summed E-state index contributed by atoms with van der Waals surface area (Å²) in [5, 5.41) is 0. The monoisotopic (exact) mass is 342 g/mol. The predicted molar refractivity (Wildman–Crippen MR) is 97.0 cm³/mol. The van der Waals surface area contributed by atoms with Gasteiger partial charge < -0.3 is 9.42 Å². The van der Waals surface area contributed by atoms with Crippen molar-refractivity contribution in [3.63, 3.8) is 0 Å². The van der Waals surface area contributed by atoms with E-state index in [1.165, 1.54) is 10.3 Å². The van der Waals surface area contributed by atoms with Crippen molar-refractivity contribution in [2.24, 2.45) is 5.92 Å². The van der Waals surface area contributed by atoms with E-state index in [0.29, 0.717) is 30.3 Å². The molecule has 1 fully saturated rings. The average Bonchev–Trinajstić information content (AvgIpc) is 2.90. The maximum absolute atomic E-state index is 12.7. The van der Waals surface area contributed by atoms with Crippen molar-refractivity contribution in [3.05, 3.63) is 57.6 Å². The molecule has 1 aromatic carbocycles. The fourth-order valence-electron chi connectivity index (χ4n) is 3.70. The maximum atomic E-state index is 12.7. The Morgan fingerprint density at radius 1 is 1.20 bits per heavy atom. The quantitative estimate of drug-likeness (QED) is 0.852. The number of rotatable bonds is 3. The van der Waals surface area contributed by atoms with Gasteiger partial charge in [-0.1, -0.05) is 44.2 Å². The number of hydrogen-bond donors (Lipinski definition) is 0. The zero-order chi connectivity index (χ0) is 18.0. The van der Waals surface area contributed by atoms with E-state index in [4.69, 9.17) is 4.52 Å². The van der Waals surface area contributed by atoms with Gasteiger partial charge in [-0.05, 0) is 43.6 Å². The van der Waals surface area contributed by atoms with Gasteiger partial charge in [-0.25, -0.2) is 9.59 Å². The molecule has 5 nitrogen and oxygen atoms in total. The Bertz CT molecular complexity index is 781. The number of hydrogen-bond acceptors (Lipinski definition) is 3. The van der Waals surface area contributed by atoms with Crippen LogP contribution in [0, 0.1) is 12.8 Å². The van der Waals surface area contributed by atoms with E-state index in [1.807, 2.05) is 19.9 Å². The summed E-state index contributed by atoms with van der Waals surface area (Å²) in [5.41, 5.74) is 2.16. The third-order valence-corrected chi connectivity index (χ3v) is 5.09. The number of amides is 1. The second kappa shape index (κ2) is 7.30. The number of piperidine rings is 1. The van der Waals surface area contributed by atoms with Crippen LogP contribution in [0.5, 0.6) is 0 Å². The summed E-state index contributed by atoms with van der Waals surface area (Å²) in [5.74, 6) is 0.636. The summed E-state index contributed by atoms with van der Waals surface area (Å²) in [7, 11) is 0. The lowest BCUT2D eigenvalue weighted by Gasteiger charge is -2.31. The summed E-state index contributed by atoms with van der Waals surface area (Å²) in [6.45, 7) is 7.05. The molecule has 0 radical (unpaired) electrons. The van der Waals surface area contributed by atoms with E-state index in [1.54, 1.807) is 11.8 Å². The van der Waals surface area contributed by atoms with Gasteiger partial charge in [-0.3, -0.25) is 0 Å². The minimum Gasteiger partial charge on any atom is -0.327 e. The van der Waals surface area contributed by atoms with E-state index in [-0.39, 0.29) is 11.9 Å². The molecule has 1 aliphatic rings. The van der Waals surface area contributed by atoms with Crippen molar-refractivity contribution < 1.29 is 9.32 Å². The van der Waals surface area contributed by atoms with Gasteiger partial charge in [-0.15, -0.1) is 4.74 Å². The van der Waals surface area contributed by atoms with Gasteiger partial charge in [0.05, 0.1) is 11.3 Å². The van der Waals surface area contributed by atoms with Gasteiger partial charge >= 0.3 is 11.7 Å². The Labute approximate surface area is 148 Å². The second-order valence-electron chi connectivity index (χ2n) is 7.23. The van der Waals surface area contributed by atoms with Crippen LogP contribution in [0.25, 0.3) is 0 Å². The van der Waals surface area contributed by atoms with Gasteiger partial charge in [0.1, 0.15) is 0 Å². The van der Waals surface area contributed by atoms with Gasteiger partial charge in [0.2, 0.25) is 0 Å². The van der Waals surface area contributed by atoms with Crippen molar-refractivity contribution in [2.45, 2.75) is 46.0 Å². The number of likely N-dealkylation sites (tertiary alicyclic amines) is 1. The van der Waals surface area contributed by atoms with Crippen LogP contribution in [0.15, 0.2) is 39.6 Å². The summed E-state index contributed by atoms with van der Waals surface area (Å²) >= 11 is 0. The highest BCUT2D eigenvalue weighted by Crippen LogP contribution is 2.23. The van der Waals surface area contributed by atoms with Crippen LogP contribution in [-0.4, -0.2) is 28.8 Å². The summed E-state index contributed by atoms with van der Waals surface area (Å²) in [6, 6.07) is 10.3. The predicted octanol–water partition coefficient (Wildman–Crippen LogP) is 3.80. The highest BCUT2D eigenvalue weighted by Gasteiger charge is 2.28. The molecule has 0 N–H and O–H groups in total. The largest absolute Gasteiger partial charge is 0.361 e. The van der Waals surface area contributed by atoms with E-state index in [0.717, 1.165) is 19.3 Å². The molecule has 0 atom stereocenters. The lowest BCUT2D eigenvalue weighted by Crippen LogP contribution is -2.41. The van der Waals surface area contributed by atoms with Crippen LogP contribution in [-0.2, 0) is 6.42 Å². The van der Waals surface area contributed by atoms with Gasteiger partial charge in [0.25, 0.3) is 0 Å². The summed E-state index contributed by atoms with van der Waals surface area (Å²) < 4.78 is 6.39. The number of carbonyl (C=O) groups is 1. The van der Waals surface area contributed by atoms with E-state index < -0.39 is 5.63 Å². The minimum absolute atomic E-state index is 0.0434. The zero-order valence-electron chi connectivity index (χ0n) is 15.2. The van der Waals surface area contributed by atoms with Crippen LogP contribution in [0.3, 0.4) is 0 Å². The third-order valence-electron chi connectivity index (χ3n) is 5.09. The molecule has 1 aliphatic heterocycles. The van der Waals surface area contributed by atoms with Crippen LogP contribution >= 0.6 is 0 Å². The summed E-state index contributed by atoms with van der Waals surface area (Å²) in [4.78, 5) is 26.5. The molecular weight excluding hydrogens is 316 g/mol. The van der Waals surface area contributed by atoms with Crippen LogP contribution < -0.4 is 5.63 Å². The van der Waals surface area contributed by atoms with E-state index >= 15 is 0 Å². The number of nitrogens with zero attached hydrogens (tertiary/aromatic N) is 2. The minimum atomic E-state index is -0.403. The lowest BCUT2D eigenvalue weighted by atomic mass is 9.90. The van der Waals surface area contributed by atoms with Crippen molar-refractivity contribution in [1.29, 1.82) is 0 Å². The highest BCUT2D eigenvalue weighted by atomic mass is 16.5. The fraction of sp³-hybridized carbons (Fsp3) is 0.500. The highest BCUT2D eigenvalue weighted by molar-refractivity contribution is 5.76. The van der Waals surface area contributed by atoms with Crippen LogP contribution in [0.4, 0.5) is 4.79 Å². The molecule has 1 amide bonds. The molecular formula is C20H26N2O3. The molecule has 3 rings (SSSR count). The van der Waals surface area contributed by atoms with Crippen molar-refractivity contribution >= 4 is 6.03 Å². The topological polar surface area (TPSA) is 55.5 Å². The normalized spacial score (nSPS) is 15.8. The van der Waals surface area contributed by atoms with Gasteiger partial charge in [-0.2, -0.15) is 0 Å². The smallest absolute Gasteiger partial charge is 0.327 e. The standard InChI is InChI=1S/C20H26N2O3/c1-14(2)18-15(3)22(25-19(18)23)20(24)21-11-9-17(10-12-21)13-16-7-5-4-6-8-16/h4-8,14,17H,9-13H2,1-3H3. The maximum Gasteiger partial charge on any atom is 0.361 e. The average molecular weight is 342 g/mol. The molecule has 0 aliphatic carbocycles. The van der Waals surface area contributed by atoms with Crippen LogP contribution in [0.1, 0.15) is 49.4 Å². The van der Waals surface area contributed by atoms with Gasteiger partial charge in [0, 0.05) is 13.1 Å². The molecule has 25 heavy (non-hydrogen) atoms. The Balaban J connectivity index is 1.64. The Hall–Kier alpha value is -2.30. The molecule has 2 heterocycles. The molecule has 0 spiro atoms. The number of carbonyl (C=O) groups excluding carboxylic acids is 1. The number of benzene rings is 1. The van der Waals surface area contributed by atoms with Gasteiger partial charge in [0.15, 0.2) is 0 Å². The SMILES string of the molecule is Cc1c(C(C)C)c(=O)on1C(=O)N1CCC(Cc2ccccc2)CC1. The number of aromatic nitrogens is 1. The van der Waals surface area contributed by atoms with Crippen molar-refractivity contribution in [3.8, 4) is 0 Å². The Kier molecular flexibility index (Phi) is 5.11. The van der Waals surface area contributed by atoms with Crippen molar-refractivity contribution in [1.82, 2.24) is 9.64 Å². The molecule has 1 aromatic heterocycles. The van der Waals surface area contributed by atoms with E-state index in [2.05, 4.69) is 24.3 Å². The first-order valence-corrected chi connectivity index (χ1v) is 9.03.